The Kier molecular flexibility index (Phi) is 1.76. The maximum absolute atomic E-state index is 9.22. The van der Waals surface area contributed by atoms with Crippen LogP contribution in [0, 0.1) is 6.92 Å². The molecule has 0 saturated carbocycles. The van der Waals surface area contributed by atoms with Crippen LogP contribution in [0.5, 0.6) is 0 Å². The van der Waals surface area contributed by atoms with Gasteiger partial charge in [0.05, 0.1) is 5.69 Å². The summed E-state index contributed by atoms with van der Waals surface area (Å²) in [6.45, 7) is 1.81. The molecule has 0 atom stereocenters. The van der Waals surface area contributed by atoms with Crippen molar-refractivity contribution in [1.29, 1.82) is 0 Å². The average Bonchev–Trinajstić information content (AvgIpc) is 1.95. The van der Waals surface area contributed by atoms with Crippen LogP contribution in [-0.2, 0) is 0 Å². The molecule has 0 radical (unpaired) electrons. The van der Waals surface area contributed by atoms with Crippen LogP contribution >= 0.6 is 0 Å². The summed E-state index contributed by atoms with van der Waals surface area (Å²) in [4.78, 5) is 3.84. The summed E-state index contributed by atoms with van der Waals surface area (Å²) in [5.41, 5.74) is 1.35. The van der Waals surface area contributed by atoms with Gasteiger partial charge in [-0.25, -0.2) is 0 Å². The molecular formula is C7H10N2O. The standard InChI is InChI=1S/C7H10N2O/c1-6-4-3-5-7(8-2)9(6)10/h3-5,10H,1-2H3. The highest BCUT2D eigenvalue weighted by atomic mass is 16.5. The van der Waals surface area contributed by atoms with Crippen LogP contribution in [-0.4, -0.2) is 17.0 Å². The van der Waals surface area contributed by atoms with Crippen LogP contribution in [0.25, 0.3) is 0 Å². The number of nitrogens with zero attached hydrogens (tertiary/aromatic N) is 2. The minimum absolute atomic E-state index is 0.569. The largest absolute Gasteiger partial charge is 0.427 e. The SMILES string of the molecule is CN=c1cccc(C)n1O. The first-order valence-electron chi connectivity index (χ1n) is 3.06. The highest BCUT2D eigenvalue weighted by Gasteiger charge is 1.89. The molecule has 0 amide bonds. The lowest BCUT2D eigenvalue weighted by molar-refractivity contribution is 0.165. The second kappa shape index (κ2) is 2.56. The van der Waals surface area contributed by atoms with E-state index in [1.54, 1.807) is 13.1 Å². The molecule has 3 heteroatoms. The fraction of sp³-hybridized carbons (Fsp3) is 0.286. The van der Waals surface area contributed by atoms with Gasteiger partial charge >= 0.3 is 0 Å². The summed E-state index contributed by atoms with van der Waals surface area (Å²) in [5, 5.41) is 9.22. The summed E-state index contributed by atoms with van der Waals surface area (Å²) in [5.74, 6) is 0. The van der Waals surface area contributed by atoms with E-state index in [1.165, 1.54) is 0 Å². The van der Waals surface area contributed by atoms with Gasteiger partial charge in [-0.2, -0.15) is 4.73 Å². The summed E-state index contributed by atoms with van der Waals surface area (Å²) in [7, 11) is 1.64. The normalized spacial score (nSPS) is 12.0. The van der Waals surface area contributed by atoms with E-state index in [9.17, 15) is 5.21 Å². The first-order chi connectivity index (χ1) is 4.75. The van der Waals surface area contributed by atoms with Crippen LogP contribution in [0.3, 0.4) is 0 Å². The quantitative estimate of drug-likeness (QED) is 0.523. The first-order valence-corrected chi connectivity index (χ1v) is 3.06. The van der Waals surface area contributed by atoms with Gasteiger partial charge in [0.1, 0.15) is 0 Å². The molecular weight excluding hydrogens is 128 g/mol. The van der Waals surface area contributed by atoms with E-state index in [0.29, 0.717) is 5.49 Å². The molecule has 0 fully saturated rings. The minimum atomic E-state index is 0.569. The Balaban J connectivity index is 3.43. The Bertz CT molecular complexity index is 288. The van der Waals surface area contributed by atoms with Crippen molar-refractivity contribution in [1.82, 2.24) is 4.73 Å². The topological polar surface area (TPSA) is 37.5 Å². The minimum Gasteiger partial charge on any atom is -0.427 e. The van der Waals surface area contributed by atoms with Gasteiger partial charge in [0.25, 0.3) is 0 Å². The van der Waals surface area contributed by atoms with Gasteiger partial charge in [-0.3, -0.25) is 4.99 Å². The van der Waals surface area contributed by atoms with Crippen LogP contribution < -0.4 is 5.49 Å². The molecule has 0 bridgehead atoms. The van der Waals surface area contributed by atoms with Gasteiger partial charge in [0.15, 0.2) is 5.49 Å². The molecule has 1 heterocycles. The zero-order valence-electron chi connectivity index (χ0n) is 6.07. The van der Waals surface area contributed by atoms with Gasteiger partial charge in [0.2, 0.25) is 0 Å². The summed E-state index contributed by atoms with van der Waals surface area (Å²) in [6, 6.07) is 5.41. The van der Waals surface area contributed by atoms with E-state index >= 15 is 0 Å². The maximum Gasteiger partial charge on any atom is 0.163 e. The molecule has 0 unspecified atom stereocenters. The molecule has 10 heavy (non-hydrogen) atoms. The summed E-state index contributed by atoms with van der Waals surface area (Å²) < 4.78 is 1.06. The molecule has 0 aliphatic rings. The number of aromatic nitrogens is 1. The molecule has 0 aliphatic carbocycles. The third-order valence-electron chi connectivity index (χ3n) is 1.36. The fourth-order valence-corrected chi connectivity index (χ4v) is 0.765. The molecule has 54 valence electrons. The third-order valence-corrected chi connectivity index (χ3v) is 1.36. The molecule has 0 spiro atoms. The van der Waals surface area contributed by atoms with Gasteiger partial charge in [-0.05, 0) is 19.1 Å². The zero-order chi connectivity index (χ0) is 7.56. The molecule has 0 saturated heterocycles. The molecule has 0 aromatic carbocycles. The van der Waals surface area contributed by atoms with Crippen molar-refractivity contribution in [3.05, 3.63) is 29.4 Å². The lowest BCUT2D eigenvalue weighted by Crippen LogP contribution is -2.19. The molecule has 3 nitrogen and oxygen atoms in total. The van der Waals surface area contributed by atoms with Gasteiger partial charge in [-0.1, -0.05) is 6.07 Å². The van der Waals surface area contributed by atoms with Crippen molar-refractivity contribution in [2.75, 3.05) is 7.05 Å². The first kappa shape index (κ1) is 6.86. The Hall–Kier alpha value is -1.25. The van der Waals surface area contributed by atoms with Gasteiger partial charge in [-0.15, -0.1) is 0 Å². The lowest BCUT2D eigenvalue weighted by Gasteiger charge is -2.00. The van der Waals surface area contributed by atoms with E-state index in [1.807, 2.05) is 19.1 Å². The predicted molar refractivity (Wildman–Crippen MR) is 37.8 cm³/mol. The number of hydrogen-bond acceptors (Lipinski definition) is 2. The number of hydrogen-bond donors (Lipinski definition) is 1. The van der Waals surface area contributed by atoms with Crippen LogP contribution in [0.4, 0.5) is 0 Å². The average molecular weight is 138 g/mol. The van der Waals surface area contributed by atoms with E-state index in [-0.39, 0.29) is 0 Å². The zero-order valence-corrected chi connectivity index (χ0v) is 6.07. The van der Waals surface area contributed by atoms with E-state index in [4.69, 9.17) is 0 Å². The van der Waals surface area contributed by atoms with Crippen molar-refractivity contribution in [2.45, 2.75) is 6.92 Å². The van der Waals surface area contributed by atoms with Crippen LogP contribution in [0.15, 0.2) is 23.2 Å². The number of rotatable bonds is 0. The highest BCUT2D eigenvalue weighted by Crippen LogP contribution is 1.87. The van der Waals surface area contributed by atoms with E-state index in [2.05, 4.69) is 4.99 Å². The van der Waals surface area contributed by atoms with E-state index in [0.717, 1.165) is 10.4 Å². The Morgan fingerprint density at radius 3 is 2.70 bits per heavy atom. The Labute approximate surface area is 59.2 Å². The second-order valence-corrected chi connectivity index (χ2v) is 2.06. The second-order valence-electron chi connectivity index (χ2n) is 2.06. The molecule has 1 N–H and O–H groups in total. The molecule has 1 aromatic rings. The van der Waals surface area contributed by atoms with E-state index < -0.39 is 0 Å². The Morgan fingerprint density at radius 2 is 2.20 bits per heavy atom. The molecule has 0 aliphatic heterocycles. The predicted octanol–water partition coefficient (Wildman–Crippen LogP) is 0.564. The maximum atomic E-state index is 9.22. The number of aryl methyl sites for hydroxylation is 1. The monoisotopic (exact) mass is 138 g/mol. The van der Waals surface area contributed by atoms with Gasteiger partial charge < -0.3 is 5.21 Å². The van der Waals surface area contributed by atoms with Gasteiger partial charge in [0, 0.05) is 7.05 Å². The summed E-state index contributed by atoms with van der Waals surface area (Å²) in [6.07, 6.45) is 0. The van der Waals surface area contributed by atoms with Crippen molar-refractivity contribution < 1.29 is 5.21 Å². The fourth-order valence-electron chi connectivity index (χ4n) is 0.765. The van der Waals surface area contributed by atoms with Crippen molar-refractivity contribution in [3.63, 3.8) is 0 Å². The van der Waals surface area contributed by atoms with Crippen LogP contribution in [0.2, 0.25) is 0 Å². The molecule has 1 rings (SSSR count). The Morgan fingerprint density at radius 1 is 1.50 bits per heavy atom. The summed E-state index contributed by atoms with van der Waals surface area (Å²) >= 11 is 0. The lowest BCUT2D eigenvalue weighted by atomic mass is 10.4. The van der Waals surface area contributed by atoms with Crippen molar-refractivity contribution in [3.8, 4) is 0 Å². The smallest absolute Gasteiger partial charge is 0.163 e. The van der Waals surface area contributed by atoms with Crippen molar-refractivity contribution in [2.24, 2.45) is 4.99 Å². The van der Waals surface area contributed by atoms with Crippen LogP contribution in [0.1, 0.15) is 5.69 Å². The molecule has 1 aromatic heterocycles. The highest BCUT2D eigenvalue weighted by molar-refractivity contribution is 5.01. The van der Waals surface area contributed by atoms with Crippen molar-refractivity contribution >= 4 is 0 Å². The third kappa shape index (κ3) is 1.03. The number of pyridine rings is 1.